The highest BCUT2D eigenvalue weighted by Gasteiger charge is 2.31. The number of hydrogen-bond acceptors (Lipinski definition) is 1. The molecule has 0 saturated carbocycles. The van der Waals surface area contributed by atoms with Crippen LogP contribution >= 0.6 is 0 Å². The number of nitrogens with one attached hydrogen (secondary N) is 1. The maximum Gasteiger partial charge on any atom is 0.258 e. The predicted octanol–water partition coefficient (Wildman–Crippen LogP) is 5.20. The van der Waals surface area contributed by atoms with Crippen molar-refractivity contribution in [1.82, 2.24) is 9.88 Å². The Kier molecular flexibility index (Phi) is 3.89. The summed E-state index contributed by atoms with van der Waals surface area (Å²) in [6.45, 7) is 4.46. The first-order chi connectivity index (χ1) is 12.4. The molecule has 0 unspecified atom stereocenters. The standard InChI is InChI=1S/C22H23FN2O/c1-4-5-8-22(2)9-6-14-7-10-25(3)21(26)16-11-15(23)12-17-20(16)19(14)18(13-22)24-17/h6,9-12,24H,4-5,8,13H2,1-3H3/t7?,22-/m0/s1. The van der Waals surface area contributed by atoms with Crippen LogP contribution in [0.15, 0.2) is 36.2 Å². The minimum Gasteiger partial charge on any atom is -0.358 e. The number of aromatic nitrogens is 1. The van der Waals surface area contributed by atoms with E-state index in [0.717, 1.165) is 47.9 Å². The van der Waals surface area contributed by atoms with Crippen LogP contribution in [0.4, 0.5) is 4.39 Å². The van der Waals surface area contributed by atoms with Gasteiger partial charge in [-0.2, -0.15) is 0 Å². The second-order valence-corrected chi connectivity index (χ2v) is 7.73. The first-order valence-electron chi connectivity index (χ1n) is 9.19. The lowest BCUT2D eigenvalue weighted by molar-refractivity contribution is 0.0851. The molecule has 0 fully saturated rings. The molecule has 0 spiro atoms. The van der Waals surface area contributed by atoms with Crippen molar-refractivity contribution in [2.24, 2.45) is 5.41 Å². The molecule has 2 heterocycles. The van der Waals surface area contributed by atoms with Crippen LogP contribution in [-0.2, 0) is 6.42 Å². The molecule has 1 amide bonds. The molecule has 1 aromatic heterocycles. The molecule has 4 rings (SSSR count). The smallest absolute Gasteiger partial charge is 0.258 e. The van der Waals surface area contributed by atoms with E-state index < -0.39 is 5.82 Å². The van der Waals surface area contributed by atoms with E-state index in [9.17, 15) is 9.18 Å². The molecule has 2 aromatic rings. The number of benzene rings is 1. The molecule has 1 atom stereocenters. The summed E-state index contributed by atoms with van der Waals surface area (Å²) in [5.41, 5.74) is 7.38. The van der Waals surface area contributed by atoms with E-state index in [1.54, 1.807) is 13.2 Å². The number of amides is 1. The quantitative estimate of drug-likeness (QED) is 0.759. The summed E-state index contributed by atoms with van der Waals surface area (Å²) in [6, 6.07) is 2.83. The topological polar surface area (TPSA) is 36.1 Å². The van der Waals surface area contributed by atoms with Crippen molar-refractivity contribution in [3.8, 4) is 0 Å². The summed E-state index contributed by atoms with van der Waals surface area (Å²) in [7, 11) is 1.68. The van der Waals surface area contributed by atoms with Gasteiger partial charge in [0.15, 0.2) is 0 Å². The summed E-state index contributed by atoms with van der Waals surface area (Å²) in [5.74, 6) is -0.616. The van der Waals surface area contributed by atoms with Gasteiger partial charge in [-0.3, -0.25) is 4.79 Å². The van der Waals surface area contributed by atoms with Crippen LogP contribution in [0.1, 0.15) is 54.7 Å². The zero-order valence-electron chi connectivity index (χ0n) is 15.4. The maximum absolute atomic E-state index is 14.2. The first kappa shape index (κ1) is 16.9. The summed E-state index contributed by atoms with van der Waals surface area (Å²) >= 11 is 0. The molecule has 0 bridgehead atoms. The lowest BCUT2D eigenvalue weighted by Gasteiger charge is -2.24. The van der Waals surface area contributed by atoms with Crippen LogP contribution in [0.5, 0.6) is 0 Å². The number of halogens is 1. The van der Waals surface area contributed by atoms with Gasteiger partial charge in [0.2, 0.25) is 0 Å². The van der Waals surface area contributed by atoms with Gasteiger partial charge in [0.25, 0.3) is 5.91 Å². The highest BCUT2D eigenvalue weighted by atomic mass is 19.1. The van der Waals surface area contributed by atoms with Gasteiger partial charge in [-0.25, -0.2) is 4.39 Å². The van der Waals surface area contributed by atoms with Crippen LogP contribution in [0.2, 0.25) is 0 Å². The van der Waals surface area contributed by atoms with Crippen molar-refractivity contribution in [2.45, 2.75) is 39.5 Å². The van der Waals surface area contributed by atoms with Gasteiger partial charge in [-0.05, 0) is 36.5 Å². The van der Waals surface area contributed by atoms with Crippen LogP contribution < -0.4 is 0 Å². The fraction of sp³-hybridized carbons (Fsp3) is 0.364. The average molecular weight is 350 g/mol. The van der Waals surface area contributed by atoms with Crippen molar-refractivity contribution in [2.75, 3.05) is 7.05 Å². The Morgan fingerprint density at radius 3 is 2.96 bits per heavy atom. The van der Waals surface area contributed by atoms with E-state index in [-0.39, 0.29) is 11.3 Å². The molecule has 4 heteroatoms. The Labute approximate surface area is 152 Å². The Morgan fingerprint density at radius 1 is 1.38 bits per heavy atom. The zero-order valence-corrected chi connectivity index (χ0v) is 15.4. The van der Waals surface area contributed by atoms with E-state index in [2.05, 4.69) is 36.7 Å². The van der Waals surface area contributed by atoms with Crippen molar-refractivity contribution >= 4 is 22.4 Å². The molecule has 1 aliphatic heterocycles. The number of rotatable bonds is 3. The third-order valence-corrected chi connectivity index (χ3v) is 5.51. The molecule has 26 heavy (non-hydrogen) atoms. The largest absolute Gasteiger partial charge is 0.358 e. The van der Waals surface area contributed by atoms with Crippen molar-refractivity contribution in [3.05, 3.63) is 58.9 Å². The minimum absolute atomic E-state index is 0.0255. The van der Waals surface area contributed by atoms with Gasteiger partial charge >= 0.3 is 0 Å². The highest BCUT2D eigenvalue weighted by Crippen LogP contribution is 2.42. The van der Waals surface area contributed by atoms with Crippen molar-refractivity contribution < 1.29 is 9.18 Å². The Bertz CT molecular complexity index is 1010. The number of nitrogens with zero attached hydrogens (tertiary/aromatic N) is 1. The molecular weight excluding hydrogens is 327 g/mol. The molecule has 0 saturated heterocycles. The summed E-state index contributed by atoms with van der Waals surface area (Å²) in [5, 5.41) is 0.804. The van der Waals surface area contributed by atoms with Crippen molar-refractivity contribution in [1.29, 1.82) is 0 Å². The molecule has 0 radical (unpaired) electrons. The van der Waals surface area contributed by atoms with E-state index in [1.165, 1.54) is 17.0 Å². The molecule has 1 aromatic carbocycles. The molecular formula is C22H23FN2O. The fourth-order valence-corrected chi connectivity index (χ4v) is 4.07. The number of H-pyrrole nitrogens is 1. The normalized spacial score (nSPS) is 21.6. The Morgan fingerprint density at radius 2 is 2.19 bits per heavy atom. The molecule has 1 N–H and O–H groups in total. The average Bonchev–Trinajstić information content (AvgIpc) is 2.88. The van der Waals surface area contributed by atoms with Gasteiger partial charge in [-0.15, -0.1) is 0 Å². The Balaban J connectivity index is 2.03. The maximum atomic E-state index is 14.2. The predicted molar refractivity (Wildman–Crippen MR) is 102 cm³/mol. The summed E-state index contributed by atoms with van der Waals surface area (Å²) in [4.78, 5) is 17.6. The van der Waals surface area contributed by atoms with Gasteiger partial charge < -0.3 is 9.88 Å². The van der Waals surface area contributed by atoms with Crippen LogP contribution in [0, 0.1) is 11.2 Å². The molecule has 1 aliphatic carbocycles. The van der Waals surface area contributed by atoms with Gasteiger partial charge in [-0.1, -0.05) is 38.5 Å². The van der Waals surface area contributed by atoms with Gasteiger partial charge in [0.1, 0.15) is 5.82 Å². The van der Waals surface area contributed by atoms with Crippen LogP contribution in [0.3, 0.4) is 0 Å². The second kappa shape index (κ2) is 6.00. The zero-order chi connectivity index (χ0) is 18.5. The highest BCUT2D eigenvalue weighted by molar-refractivity contribution is 6.12. The first-order valence-corrected chi connectivity index (χ1v) is 9.19. The molecule has 134 valence electrons. The number of unbranched alkanes of at least 4 members (excludes halogenated alkanes) is 1. The van der Waals surface area contributed by atoms with Crippen LogP contribution in [0.25, 0.3) is 16.5 Å². The van der Waals surface area contributed by atoms with E-state index in [4.69, 9.17) is 0 Å². The lowest BCUT2D eigenvalue weighted by Crippen LogP contribution is -2.21. The summed E-state index contributed by atoms with van der Waals surface area (Å²) in [6.07, 6.45) is 10.3. The molecule has 2 aliphatic rings. The fourth-order valence-electron chi connectivity index (χ4n) is 4.07. The number of carbonyl (C=O) groups excluding carboxylic acids is 1. The number of carbonyl (C=O) groups is 1. The second-order valence-electron chi connectivity index (χ2n) is 7.73. The minimum atomic E-state index is -0.398. The van der Waals surface area contributed by atoms with Crippen molar-refractivity contribution in [3.63, 3.8) is 0 Å². The third kappa shape index (κ3) is 2.62. The number of aromatic amines is 1. The lowest BCUT2D eigenvalue weighted by atomic mass is 9.81. The number of allylic oxidation sites excluding steroid dienone is 3. The number of hydrogen-bond donors (Lipinski definition) is 1. The van der Waals surface area contributed by atoms with Gasteiger partial charge in [0.05, 0.1) is 5.56 Å². The Hall–Kier alpha value is -2.58. The monoisotopic (exact) mass is 350 g/mol. The third-order valence-electron chi connectivity index (χ3n) is 5.51. The summed E-state index contributed by atoms with van der Waals surface area (Å²) < 4.78 is 14.2. The van der Waals surface area contributed by atoms with E-state index in [0.29, 0.717) is 11.1 Å². The van der Waals surface area contributed by atoms with Gasteiger partial charge in [0, 0.05) is 41.0 Å². The van der Waals surface area contributed by atoms with E-state index in [1.807, 2.05) is 0 Å². The SMILES string of the molecule is CCCC[C@@]1(C)C=CC2=C=CN(C)C(=O)c3cc(F)cc4[nH]c(c2c34)C1. The molecule has 3 nitrogen and oxygen atoms in total. The van der Waals surface area contributed by atoms with E-state index >= 15 is 0 Å². The van der Waals surface area contributed by atoms with Crippen LogP contribution in [-0.4, -0.2) is 22.8 Å².